The van der Waals surface area contributed by atoms with Gasteiger partial charge in [0.05, 0.1) is 6.04 Å². The lowest BCUT2D eigenvalue weighted by Gasteiger charge is -2.22. The smallest absolute Gasteiger partial charge is 0.171 e. The summed E-state index contributed by atoms with van der Waals surface area (Å²) in [5, 5.41) is 7.21. The highest BCUT2D eigenvalue weighted by molar-refractivity contribution is 7.80. The van der Waals surface area contributed by atoms with Crippen LogP contribution in [0.15, 0.2) is 42.7 Å². The van der Waals surface area contributed by atoms with Gasteiger partial charge < -0.3 is 10.6 Å². The topological polar surface area (TPSA) is 37.0 Å². The SMILES string of the molecule is CCC(NC(=S)Nc1ccncc1)c1ccc(C)cc1C. The van der Waals surface area contributed by atoms with Gasteiger partial charge in [0.1, 0.15) is 0 Å². The predicted molar refractivity (Wildman–Crippen MR) is 92.5 cm³/mol. The normalized spacial score (nSPS) is 11.8. The van der Waals surface area contributed by atoms with Crippen molar-refractivity contribution in [3.63, 3.8) is 0 Å². The van der Waals surface area contributed by atoms with Crippen molar-refractivity contribution in [1.29, 1.82) is 0 Å². The lowest BCUT2D eigenvalue weighted by atomic mass is 9.98. The minimum absolute atomic E-state index is 0.215. The first-order chi connectivity index (χ1) is 10.1. The highest BCUT2D eigenvalue weighted by atomic mass is 32.1. The number of rotatable bonds is 4. The molecule has 4 heteroatoms. The summed E-state index contributed by atoms with van der Waals surface area (Å²) in [6, 6.07) is 10.5. The second-order valence-corrected chi connectivity index (χ2v) is 5.56. The van der Waals surface area contributed by atoms with Gasteiger partial charge in [0.2, 0.25) is 0 Å². The zero-order valence-electron chi connectivity index (χ0n) is 12.7. The molecule has 2 N–H and O–H groups in total. The molecule has 110 valence electrons. The number of benzene rings is 1. The predicted octanol–water partition coefficient (Wildman–Crippen LogP) is 4.14. The van der Waals surface area contributed by atoms with Crippen LogP contribution in [-0.2, 0) is 0 Å². The van der Waals surface area contributed by atoms with Crippen molar-refractivity contribution >= 4 is 23.0 Å². The molecular weight excluding hydrogens is 278 g/mol. The first kappa shape index (κ1) is 15.4. The molecule has 1 heterocycles. The lowest BCUT2D eigenvalue weighted by molar-refractivity contribution is 0.625. The van der Waals surface area contributed by atoms with E-state index in [1.807, 2.05) is 12.1 Å². The van der Waals surface area contributed by atoms with Crippen LogP contribution in [-0.4, -0.2) is 10.1 Å². The Morgan fingerprint density at radius 1 is 1.19 bits per heavy atom. The summed E-state index contributed by atoms with van der Waals surface area (Å²) >= 11 is 5.40. The molecule has 1 aromatic heterocycles. The number of thiocarbonyl (C=S) groups is 1. The van der Waals surface area contributed by atoms with Gasteiger partial charge in [-0.1, -0.05) is 30.7 Å². The third-order valence-electron chi connectivity index (χ3n) is 3.45. The van der Waals surface area contributed by atoms with E-state index in [4.69, 9.17) is 12.2 Å². The quantitative estimate of drug-likeness (QED) is 0.832. The van der Waals surface area contributed by atoms with Gasteiger partial charge in [-0.2, -0.15) is 0 Å². The van der Waals surface area contributed by atoms with Crippen LogP contribution < -0.4 is 10.6 Å². The second kappa shape index (κ2) is 7.18. The van der Waals surface area contributed by atoms with E-state index in [1.54, 1.807) is 12.4 Å². The number of hydrogen-bond acceptors (Lipinski definition) is 2. The number of anilines is 1. The van der Waals surface area contributed by atoms with Crippen molar-refractivity contribution in [2.45, 2.75) is 33.2 Å². The number of aryl methyl sites for hydroxylation is 2. The van der Waals surface area contributed by atoms with Gasteiger partial charge in [-0.15, -0.1) is 0 Å². The fourth-order valence-corrected chi connectivity index (χ4v) is 2.64. The minimum atomic E-state index is 0.215. The summed E-state index contributed by atoms with van der Waals surface area (Å²) in [5.74, 6) is 0. The molecule has 1 aromatic carbocycles. The van der Waals surface area contributed by atoms with Crippen molar-refractivity contribution in [3.05, 3.63) is 59.4 Å². The van der Waals surface area contributed by atoms with E-state index < -0.39 is 0 Å². The molecule has 0 aliphatic rings. The Labute approximate surface area is 131 Å². The van der Waals surface area contributed by atoms with Gasteiger partial charge in [0, 0.05) is 18.1 Å². The minimum Gasteiger partial charge on any atom is -0.356 e. The average molecular weight is 299 g/mol. The molecule has 0 aliphatic heterocycles. The van der Waals surface area contributed by atoms with Gasteiger partial charge in [0.25, 0.3) is 0 Å². The summed E-state index contributed by atoms with van der Waals surface area (Å²) < 4.78 is 0. The Balaban J connectivity index is 2.06. The lowest BCUT2D eigenvalue weighted by Crippen LogP contribution is -2.32. The third-order valence-corrected chi connectivity index (χ3v) is 3.67. The maximum atomic E-state index is 5.40. The molecule has 0 saturated heterocycles. The first-order valence-electron chi connectivity index (χ1n) is 7.15. The zero-order valence-corrected chi connectivity index (χ0v) is 13.5. The van der Waals surface area contributed by atoms with E-state index >= 15 is 0 Å². The number of hydrogen-bond donors (Lipinski definition) is 2. The van der Waals surface area contributed by atoms with Crippen LogP contribution in [0, 0.1) is 13.8 Å². The molecule has 2 rings (SSSR count). The Kier molecular flexibility index (Phi) is 5.28. The van der Waals surface area contributed by atoms with Crippen molar-refractivity contribution in [3.8, 4) is 0 Å². The summed E-state index contributed by atoms with van der Waals surface area (Å²) in [6.07, 6.45) is 4.46. The van der Waals surface area contributed by atoms with Crippen LogP contribution in [0.1, 0.15) is 36.1 Å². The van der Waals surface area contributed by atoms with E-state index in [1.165, 1.54) is 16.7 Å². The number of aromatic nitrogens is 1. The highest BCUT2D eigenvalue weighted by Gasteiger charge is 2.13. The number of nitrogens with zero attached hydrogens (tertiary/aromatic N) is 1. The maximum absolute atomic E-state index is 5.40. The summed E-state index contributed by atoms with van der Waals surface area (Å²) in [7, 11) is 0. The van der Waals surface area contributed by atoms with Crippen LogP contribution in [0.25, 0.3) is 0 Å². The molecule has 3 nitrogen and oxygen atoms in total. The molecule has 0 fully saturated rings. The van der Waals surface area contributed by atoms with Crippen LogP contribution in [0.4, 0.5) is 5.69 Å². The molecule has 0 spiro atoms. The molecule has 0 saturated carbocycles. The van der Waals surface area contributed by atoms with Crippen LogP contribution in [0.5, 0.6) is 0 Å². The van der Waals surface area contributed by atoms with Gasteiger partial charge in [-0.3, -0.25) is 4.98 Å². The molecule has 0 aliphatic carbocycles. The van der Waals surface area contributed by atoms with Crippen LogP contribution in [0.2, 0.25) is 0 Å². The largest absolute Gasteiger partial charge is 0.356 e. The second-order valence-electron chi connectivity index (χ2n) is 5.16. The van der Waals surface area contributed by atoms with Gasteiger partial charge in [-0.25, -0.2) is 0 Å². The van der Waals surface area contributed by atoms with Crippen molar-refractivity contribution in [2.24, 2.45) is 0 Å². The van der Waals surface area contributed by atoms with E-state index in [2.05, 4.69) is 54.6 Å². The van der Waals surface area contributed by atoms with Gasteiger partial charge in [-0.05, 0) is 55.7 Å². The first-order valence-corrected chi connectivity index (χ1v) is 7.55. The van der Waals surface area contributed by atoms with E-state index in [0.29, 0.717) is 5.11 Å². The molecule has 1 atom stereocenters. The molecule has 21 heavy (non-hydrogen) atoms. The fraction of sp³-hybridized carbons (Fsp3) is 0.294. The van der Waals surface area contributed by atoms with E-state index in [9.17, 15) is 0 Å². The molecular formula is C17H21N3S. The Morgan fingerprint density at radius 2 is 1.90 bits per heavy atom. The number of nitrogens with one attached hydrogen (secondary N) is 2. The molecule has 0 radical (unpaired) electrons. The molecule has 2 aromatic rings. The standard InChI is InChI=1S/C17H21N3S/c1-4-16(15-6-5-12(2)11-13(15)3)20-17(21)19-14-7-9-18-10-8-14/h5-11,16H,4H2,1-3H3,(H2,18,19,20,21). The Hall–Kier alpha value is -1.94. The van der Waals surface area contributed by atoms with Gasteiger partial charge in [0.15, 0.2) is 5.11 Å². The third kappa shape index (κ3) is 4.26. The molecule has 1 unspecified atom stereocenters. The maximum Gasteiger partial charge on any atom is 0.171 e. The zero-order chi connectivity index (χ0) is 15.2. The summed E-state index contributed by atoms with van der Waals surface area (Å²) in [4.78, 5) is 3.99. The fourth-order valence-electron chi connectivity index (χ4n) is 2.38. The van der Waals surface area contributed by atoms with Gasteiger partial charge >= 0.3 is 0 Å². The van der Waals surface area contributed by atoms with Crippen LogP contribution in [0.3, 0.4) is 0 Å². The van der Waals surface area contributed by atoms with Crippen molar-refractivity contribution in [2.75, 3.05) is 5.32 Å². The Morgan fingerprint density at radius 3 is 2.52 bits per heavy atom. The molecule has 0 bridgehead atoms. The monoisotopic (exact) mass is 299 g/mol. The van der Waals surface area contributed by atoms with E-state index in [0.717, 1.165) is 12.1 Å². The van der Waals surface area contributed by atoms with E-state index in [-0.39, 0.29) is 6.04 Å². The van der Waals surface area contributed by atoms with Crippen molar-refractivity contribution in [1.82, 2.24) is 10.3 Å². The van der Waals surface area contributed by atoms with Crippen LogP contribution >= 0.6 is 12.2 Å². The van der Waals surface area contributed by atoms with Crippen molar-refractivity contribution < 1.29 is 0 Å². The molecule has 0 amide bonds. The summed E-state index contributed by atoms with van der Waals surface area (Å²) in [6.45, 7) is 6.42. The number of pyridine rings is 1. The highest BCUT2D eigenvalue weighted by Crippen LogP contribution is 2.21. The average Bonchev–Trinajstić information content (AvgIpc) is 2.46. The Bertz CT molecular complexity index is 611. The summed E-state index contributed by atoms with van der Waals surface area (Å²) in [5.41, 5.74) is 4.81.